The van der Waals surface area contributed by atoms with E-state index in [9.17, 15) is 13.5 Å². The Bertz CT molecular complexity index is 981. The van der Waals surface area contributed by atoms with E-state index in [2.05, 4.69) is 24.5 Å². The van der Waals surface area contributed by atoms with Gasteiger partial charge in [-0.15, -0.1) is 0 Å². The summed E-state index contributed by atoms with van der Waals surface area (Å²) in [5.74, 6) is 0.723. The monoisotopic (exact) mass is 447 g/mol. The molecule has 1 aliphatic heterocycles. The summed E-state index contributed by atoms with van der Waals surface area (Å²) in [6.45, 7) is 7.01. The van der Waals surface area contributed by atoms with E-state index in [0.29, 0.717) is 35.7 Å². The van der Waals surface area contributed by atoms with E-state index in [-0.39, 0.29) is 4.90 Å². The van der Waals surface area contributed by atoms with Crippen LogP contribution < -0.4 is 10.6 Å². The van der Waals surface area contributed by atoms with E-state index in [4.69, 9.17) is 12.2 Å². The van der Waals surface area contributed by atoms with Gasteiger partial charge in [-0.05, 0) is 79.4 Å². The number of thiocarbonyl (C=S) groups is 1. The zero-order valence-corrected chi connectivity index (χ0v) is 19.1. The van der Waals surface area contributed by atoms with Gasteiger partial charge >= 0.3 is 0 Å². The number of hydrogen-bond acceptors (Lipinski definition) is 4. The van der Waals surface area contributed by atoms with Crippen molar-refractivity contribution < 1.29 is 13.5 Å². The van der Waals surface area contributed by atoms with Crippen molar-refractivity contribution in [2.24, 2.45) is 11.8 Å². The number of aliphatic hydroxyl groups excluding tert-OH is 1. The average molecular weight is 448 g/mol. The number of aliphatic hydroxyl groups is 1. The molecule has 3 atom stereocenters. The van der Waals surface area contributed by atoms with Gasteiger partial charge in [0.2, 0.25) is 10.0 Å². The minimum Gasteiger partial charge on any atom is -0.389 e. The second kappa shape index (κ2) is 9.43. The van der Waals surface area contributed by atoms with Crippen LogP contribution in [0.1, 0.15) is 38.9 Å². The lowest BCUT2D eigenvalue weighted by Gasteiger charge is -2.34. The van der Waals surface area contributed by atoms with Crippen LogP contribution in [-0.2, 0) is 10.0 Å². The summed E-state index contributed by atoms with van der Waals surface area (Å²) in [5.41, 5.74) is 2.25. The number of sulfonamides is 1. The largest absolute Gasteiger partial charge is 0.389 e. The summed E-state index contributed by atoms with van der Waals surface area (Å²) < 4.78 is 27.6. The van der Waals surface area contributed by atoms with Crippen molar-refractivity contribution in [2.75, 3.05) is 23.7 Å². The number of hydrogen-bond donors (Lipinski definition) is 3. The predicted molar refractivity (Wildman–Crippen MR) is 125 cm³/mol. The molecule has 3 N–H and O–H groups in total. The molecule has 2 aromatic carbocycles. The second-order valence-electron chi connectivity index (χ2n) is 8.17. The molecule has 0 aliphatic carbocycles. The maximum absolute atomic E-state index is 13.0. The number of anilines is 2. The molecule has 1 saturated heterocycles. The van der Waals surface area contributed by atoms with Crippen LogP contribution >= 0.6 is 12.2 Å². The molecule has 1 fully saturated rings. The minimum atomic E-state index is -3.50. The first-order valence-corrected chi connectivity index (χ1v) is 12.0. The van der Waals surface area contributed by atoms with Gasteiger partial charge in [-0.2, -0.15) is 4.31 Å². The molecular weight excluding hydrogens is 418 g/mol. The summed E-state index contributed by atoms with van der Waals surface area (Å²) in [6.07, 6.45) is 0.494. The van der Waals surface area contributed by atoms with Crippen LogP contribution in [0.25, 0.3) is 0 Å². The second-order valence-corrected chi connectivity index (χ2v) is 10.5. The van der Waals surface area contributed by atoms with Crippen molar-refractivity contribution in [3.63, 3.8) is 0 Å². The molecule has 0 spiro atoms. The van der Waals surface area contributed by atoms with E-state index in [1.807, 2.05) is 24.3 Å². The van der Waals surface area contributed by atoms with Crippen molar-refractivity contribution in [3.05, 3.63) is 54.1 Å². The molecule has 1 heterocycles. The molecular formula is C22H29N3O3S2. The van der Waals surface area contributed by atoms with Gasteiger partial charge in [-0.3, -0.25) is 0 Å². The smallest absolute Gasteiger partial charge is 0.243 e. The Morgan fingerprint density at radius 1 is 1.07 bits per heavy atom. The van der Waals surface area contributed by atoms with Crippen molar-refractivity contribution in [3.8, 4) is 0 Å². The Kier molecular flexibility index (Phi) is 7.13. The van der Waals surface area contributed by atoms with E-state index in [1.165, 1.54) is 0 Å². The summed E-state index contributed by atoms with van der Waals surface area (Å²) in [5, 5.41) is 16.2. The molecule has 30 heavy (non-hydrogen) atoms. The van der Waals surface area contributed by atoms with Gasteiger partial charge in [-0.1, -0.05) is 26.0 Å². The third-order valence-electron chi connectivity index (χ3n) is 5.21. The first-order valence-electron chi connectivity index (χ1n) is 10.1. The number of piperidine rings is 1. The third-order valence-corrected chi connectivity index (χ3v) is 7.26. The first-order chi connectivity index (χ1) is 14.1. The van der Waals surface area contributed by atoms with Crippen molar-refractivity contribution in [1.29, 1.82) is 0 Å². The highest BCUT2D eigenvalue weighted by atomic mass is 32.2. The molecule has 3 rings (SSSR count). The zero-order chi connectivity index (χ0) is 21.9. The average Bonchev–Trinajstić information content (AvgIpc) is 2.67. The first kappa shape index (κ1) is 22.7. The Hall–Kier alpha value is -2.00. The van der Waals surface area contributed by atoms with Gasteiger partial charge in [0.1, 0.15) is 0 Å². The molecule has 2 aromatic rings. The van der Waals surface area contributed by atoms with Crippen LogP contribution in [0.3, 0.4) is 0 Å². The van der Waals surface area contributed by atoms with Gasteiger partial charge in [0, 0.05) is 24.5 Å². The van der Waals surface area contributed by atoms with Crippen LogP contribution in [0.2, 0.25) is 0 Å². The quantitative estimate of drug-likeness (QED) is 0.596. The fourth-order valence-electron chi connectivity index (χ4n) is 3.83. The maximum Gasteiger partial charge on any atom is 0.243 e. The van der Waals surface area contributed by atoms with E-state index < -0.39 is 16.1 Å². The summed E-state index contributed by atoms with van der Waals surface area (Å²) in [6, 6.07) is 14.0. The van der Waals surface area contributed by atoms with Gasteiger partial charge in [0.05, 0.1) is 11.0 Å². The SMILES string of the molecule is C[C@@H]1C[C@@H](C)CN(S(=O)(=O)c2ccc(NC(=S)Nc3cccc([C@H](C)O)c3)cc2)C1. The summed E-state index contributed by atoms with van der Waals surface area (Å²) in [4.78, 5) is 0.290. The lowest BCUT2D eigenvalue weighted by molar-refractivity contribution is 0.199. The Morgan fingerprint density at radius 2 is 1.67 bits per heavy atom. The van der Waals surface area contributed by atoms with Crippen LogP contribution in [0.5, 0.6) is 0 Å². The molecule has 0 unspecified atom stereocenters. The van der Waals surface area contributed by atoms with Gasteiger partial charge in [0.15, 0.2) is 5.11 Å². The molecule has 162 valence electrons. The highest BCUT2D eigenvalue weighted by Crippen LogP contribution is 2.27. The standard InChI is InChI=1S/C22H29N3O3S2/c1-15-11-16(2)14-25(13-15)30(27,28)21-9-7-19(8-10-21)23-22(29)24-20-6-4-5-18(12-20)17(3)26/h4-10,12,15-17,26H,11,13-14H2,1-3H3,(H2,23,24,29)/t15-,16-,17+/m1/s1. The number of benzene rings is 2. The predicted octanol–water partition coefficient (Wildman–Crippen LogP) is 4.22. The maximum atomic E-state index is 13.0. The van der Waals surface area contributed by atoms with Gasteiger partial charge in [0.25, 0.3) is 0 Å². The third kappa shape index (κ3) is 5.57. The molecule has 6 nitrogen and oxygen atoms in total. The molecule has 8 heteroatoms. The van der Waals surface area contributed by atoms with Gasteiger partial charge < -0.3 is 15.7 Å². The normalized spacial score (nSPS) is 21.1. The number of nitrogens with one attached hydrogen (secondary N) is 2. The Labute approximate surface area is 184 Å². The van der Waals surface area contributed by atoms with Crippen molar-refractivity contribution in [2.45, 2.75) is 38.2 Å². The van der Waals surface area contributed by atoms with E-state index in [0.717, 1.165) is 17.7 Å². The van der Waals surface area contributed by atoms with Crippen LogP contribution in [-0.4, -0.2) is 36.0 Å². The topological polar surface area (TPSA) is 81.7 Å². The fourth-order valence-corrected chi connectivity index (χ4v) is 5.75. The highest BCUT2D eigenvalue weighted by molar-refractivity contribution is 7.89. The van der Waals surface area contributed by atoms with Crippen LogP contribution in [0.4, 0.5) is 11.4 Å². The van der Waals surface area contributed by atoms with Crippen molar-refractivity contribution in [1.82, 2.24) is 4.31 Å². The van der Waals surface area contributed by atoms with Crippen molar-refractivity contribution >= 4 is 38.7 Å². The lowest BCUT2D eigenvalue weighted by Crippen LogP contribution is -2.42. The van der Waals surface area contributed by atoms with E-state index in [1.54, 1.807) is 35.5 Å². The van der Waals surface area contributed by atoms with Gasteiger partial charge in [-0.25, -0.2) is 8.42 Å². The number of rotatable bonds is 5. The summed E-state index contributed by atoms with van der Waals surface area (Å²) in [7, 11) is -3.50. The van der Waals surface area contributed by atoms with E-state index >= 15 is 0 Å². The fraction of sp³-hybridized carbons (Fsp3) is 0.409. The zero-order valence-electron chi connectivity index (χ0n) is 17.5. The molecule has 0 saturated carbocycles. The molecule has 1 aliphatic rings. The molecule has 0 aromatic heterocycles. The van der Waals surface area contributed by atoms with Crippen LogP contribution in [0, 0.1) is 11.8 Å². The number of nitrogens with zero attached hydrogens (tertiary/aromatic N) is 1. The molecule has 0 radical (unpaired) electrons. The minimum absolute atomic E-state index is 0.290. The molecule has 0 bridgehead atoms. The Balaban J connectivity index is 1.65. The lowest BCUT2D eigenvalue weighted by atomic mass is 9.94. The summed E-state index contributed by atoms with van der Waals surface area (Å²) >= 11 is 5.35. The molecule has 0 amide bonds. The highest BCUT2D eigenvalue weighted by Gasteiger charge is 2.31. The Morgan fingerprint density at radius 3 is 2.27 bits per heavy atom. The van der Waals surface area contributed by atoms with Crippen LogP contribution in [0.15, 0.2) is 53.4 Å².